The lowest BCUT2D eigenvalue weighted by Crippen LogP contribution is -2.24. The second kappa shape index (κ2) is 6.54. The molecule has 0 aliphatic heterocycles. The molecule has 0 aromatic heterocycles. The number of rotatable bonds is 5. The lowest BCUT2D eigenvalue weighted by atomic mass is 10.1. The largest absolute Gasteiger partial charge is 0.383 e. The zero-order valence-electron chi connectivity index (χ0n) is 10.2. The number of anilines is 1. The zero-order chi connectivity index (χ0) is 12.7. The van der Waals surface area contributed by atoms with Crippen LogP contribution in [0.1, 0.15) is 24.5 Å². The van der Waals surface area contributed by atoms with Crippen LogP contribution in [0.5, 0.6) is 0 Å². The molecule has 1 aromatic carbocycles. The van der Waals surface area contributed by atoms with Gasteiger partial charge in [0, 0.05) is 19.5 Å². The summed E-state index contributed by atoms with van der Waals surface area (Å²) in [7, 11) is 0. The third-order valence-corrected chi connectivity index (χ3v) is 2.34. The molecule has 0 fully saturated rings. The second-order valence-corrected chi connectivity index (χ2v) is 3.79. The van der Waals surface area contributed by atoms with Gasteiger partial charge >= 0.3 is 0 Å². The molecule has 2 N–H and O–H groups in total. The Hall–Kier alpha value is -2.02. The number of nitrogens with zero attached hydrogens (tertiary/aromatic N) is 1. The molecule has 0 aliphatic rings. The monoisotopic (exact) mass is 231 g/mol. The predicted octanol–water partition coefficient (Wildman–Crippen LogP) is 1.80. The smallest absolute Gasteiger partial charge is 0.221 e. The molecule has 1 rings (SSSR count). The first-order valence-electron chi connectivity index (χ1n) is 5.68. The van der Waals surface area contributed by atoms with Gasteiger partial charge in [-0.15, -0.1) is 0 Å². The predicted molar refractivity (Wildman–Crippen MR) is 67.7 cm³/mol. The van der Waals surface area contributed by atoms with Gasteiger partial charge < -0.3 is 10.6 Å². The van der Waals surface area contributed by atoms with Gasteiger partial charge in [-0.05, 0) is 31.5 Å². The summed E-state index contributed by atoms with van der Waals surface area (Å²) in [6.07, 6.45) is 0.409. The Balaban J connectivity index is 2.54. The van der Waals surface area contributed by atoms with Gasteiger partial charge in [-0.1, -0.05) is 6.07 Å². The first-order valence-corrected chi connectivity index (χ1v) is 5.68. The van der Waals surface area contributed by atoms with Gasteiger partial charge in [-0.2, -0.15) is 5.26 Å². The van der Waals surface area contributed by atoms with Crippen LogP contribution in [0.4, 0.5) is 5.69 Å². The van der Waals surface area contributed by atoms with Crippen molar-refractivity contribution >= 4 is 11.6 Å². The molecule has 0 heterocycles. The highest BCUT2D eigenvalue weighted by molar-refractivity contribution is 5.76. The number of nitrogens with one attached hydrogen (secondary N) is 2. The van der Waals surface area contributed by atoms with Gasteiger partial charge in [0.1, 0.15) is 6.07 Å². The summed E-state index contributed by atoms with van der Waals surface area (Å²) >= 11 is 0. The van der Waals surface area contributed by atoms with Crippen molar-refractivity contribution in [2.45, 2.75) is 20.3 Å². The number of aryl methyl sites for hydroxylation is 1. The Labute approximate surface area is 102 Å². The van der Waals surface area contributed by atoms with E-state index in [4.69, 9.17) is 5.26 Å². The van der Waals surface area contributed by atoms with Gasteiger partial charge in [0.25, 0.3) is 0 Å². The highest BCUT2D eigenvalue weighted by Crippen LogP contribution is 2.16. The topological polar surface area (TPSA) is 64.9 Å². The van der Waals surface area contributed by atoms with Crippen molar-refractivity contribution in [3.8, 4) is 6.07 Å². The third-order valence-electron chi connectivity index (χ3n) is 2.34. The Kier molecular flexibility index (Phi) is 5.02. The number of nitriles is 1. The standard InChI is InChI=1S/C13H17N3O/c1-3-15-13(17)6-7-16-12-8-10(2)4-5-11(12)9-14/h4-5,8,16H,3,6-7H2,1-2H3,(H,15,17). The van der Waals surface area contributed by atoms with Gasteiger partial charge in [-0.25, -0.2) is 0 Å². The fraction of sp³-hybridized carbons (Fsp3) is 0.385. The Morgan fingerprint density at radius 2 is 2.24 bits per heavy atom. The van der Waals surface area contributed by atoms with E-state index in [1.165, 1.54) is 0 Å². The molecule has 4 heteroatoms. The lowest BCUT2D eigenvalue weighted by molar-refractivity contribution is -0.120. The zero-order valence-corrected chi connectivity index (χ0v) is 10.2. The molecule has 17 heavy (non-hydrogen) atoms. The summed E-state index contributed by atoms with van der Waals surface area (Å²) < 4.78 is 0. The van der Waals surface area contributed by atoms with Crippen LogP contribution in [0.15, 0.2) is 18.2 Å². The van der Waals surface area contributed by atoms with Crippen LogP contribution >= 0.6 is 0 Å². The van der Waals surface area contributed by atoms with Crippen molar-refractivity contribution in [1.82, 2.24) is 5.32 Å². The van der Waals surface area contributed by atoms with Crippen LogP contribution in [-0.2, 0) is 4.79 Å². The van der Waals surface area contributed by atoms with Crippen molar-refractivity contribution in [2.75, 3.05) is 18.4 Å². The average Bonchev–Trinajstić information content (AvgIpc) is 2.30. The van der Waals surface area contributed by atoms with E-state index in [0.717, 1.165) is 11.3 Å². The molecule has 0 spiro atoms. The van der Waals surface area contributed by atoms with Gasteiger partial charge in [0.05, 0.1) is 11.3 Å². The van der Waals surface area contributed by atoms with Crippen LogP contribution in [0.25, 0.3) is 0 Å². The number of hydrogen-bond acceptors (Lipinski definition) is 3. The molecule has 0 saturated carbocycles. The van der Waals surface area contributed by atoms with Crippen molar-refractivity contribution < 1.29 is 4.79 Å². The summed E-state index contributed by atoms with van der Waals surface area (Å²) in [6, 6.07) is 7.71. The molecule has 0 bridgehead atoms. The lowest BCUT2D eigenvalue weighted by Gasteiger charge is -2.08. The number of amides is 1. The van der Waals surface area contributed by atoms with Crippen molar-refractivity contribution in [1.29, 1.82) is 5.26 Å². The van der Waals surface area contributed by atoms with E-state index in [1.54, 1.807) is 6.07 Å². The maximum absolute atomic E-state index is 11.2. The first-order chi connectivity index (χ1) is 8.17. The molecule has 0 saturated heterocycles. The van der Waals surface area contributed by atoms with E-state index in [1.807, 2.05) is 26.0 Å². The Bertz CT molecular complexity index is 435. The highest BCUT2D eigenvalue weighted by atomic mass is 16.1. The van der Waals surface area contributed by atoms with E-state index in [0.29, 0.717) is 25.1 Å². The number of benzene rings is 1. The minimum Gasteiger partial charge on any atom is -0.383 e. The number of hydrogen-bond donors (Lipinski definition) is 2. The molecule has 1 aromatic rings. The molecule has 4 nitrogen and oxygen atoms in total. The third kappa shape index (κ3) is 4.15. The van der Waals surface area contributed by atoms with Crippen molar-refractivity contribution in [3.63, 3.8) is 0 Å². The maximum Gasteiger partial charge on any atom is 0.221 e. The number of carbonyl (C=O) groups excluding carboxylic acids is 1. The summed E-state index contributed by atoms with van der Waals surface area (Å²) in [5.74, 6) is 0.0196. The van der Waals surface area contributed by atoms with Gasteiger partial charge in [0.2, 0.25) is 5.91 Å². The first kappa shape index (κ1) is 13.0. The average molecular weight is 231 g/mol. The number of carbonyl (C=O) groups is 1. The summed E-state index contributed by atoms with van der Waals surface area (Å²) in [5.41, 5.74) is 2.48. The fourth-order valence-electron chi connectivity index (χ4n) is 1.50. The Morgan fingerprint density at radius 1 is 1.47 bits per heavy atom. The molecule has 0 unspecified atom stereocenters. The maximum atomic E-state index is 11.2. The summed E-state index contributed by atoms with van der Waals surface area (Å²) in [6.45, 7) is 5.03. The Morgan fingerprint density at radius 3 is 2.88 bits per heavy atom. The molecule has 0 radical (unpaired) electrons. The van der Waals surface area contributed by atoms with E-state index in [2.05, 4.69) is 16.7 Å². The minimum absolute atomic E-state index is 0.0196. The van der Waals surface area contributed by atoms with E-state index >= 15 is 0 Å². The van der Waals surface area contributed by atoms with Crippen molar-refractivity contribution in [2.24, 2.45) is 0 Å². The molecule has 0 aliphatic carbocycles. The van der Waals surface area contributed by atoms with Gasteiger partial charge in [0.15, 0.2) is 0 Å². The SMILES string of the molecule is CCNC(=O)CCNc1cc(C)ccc1C#N. The fourth-order valence-corrected chi connectivity index (χ4v) is 1.50. The van der Waals surface area contributed by atoms with Crippen LogP contribution < -0.4 is 10.6 Å². The van der Waals surface area contributed by atoms with E-state index < -0.39 is 0 Å². The minimum atomic E-state index is 0.0196. The molecule has 1 amide bonds. The van der Waals surface area contributed by atoms with Crippen LogP contribution in [0.2, 0.25) is 0 Å². The second-order valence-electron chi connectivity index (χ2n) is 3.79. The summed E-state index contributed by atoms with van der Waals surface area (Å²) in [5, 5.41) is 14.8. The quantitative estimate of drug-likeness (QED) is 0.812. The highest BCUT2D eigenvalue weighted by Gasteiger charge is 2.03. The molecule has 0 atom stereocenters. The van der Waals surface area contributed by atoms with E-state index in [-0.39, 0.29) is 5.91 Å². The molecular formula is C13H17N3O. The molecular weight excluding hydrogens is 214 g/mol. The van der Waals surface area contributed by atoms with Crippen LogP contribution in [0, 0.1) is 18.3 Å². The van der Waals surface area contributed by atoms with E-state index in [9.17, 15) is 4.79 Å². The normalized spacial score (nSPS) is 9.47. The molecule has 90 valence electrons. The van der Waals surface area contributed by atoms with Crippen molar-refractivity contribution in [3.05, 3.63) is 29.3 Å². The van der Waals surface area contributed by atoms with Crippen LogP contribution in [-0.4, -0.2) is 19.0 Å². The van der Waals surface area contributed by atoms with Crippen LogP contribution in [0.3, 0.4) is 0 Å². The van der Waals surface area contributed by atoms with Gasteiger partial charge in [-0.3, -0.25) is 4.79 Å². The summed E-state index contributed by atoms with van der Waals surface area (Å²) in [4.78, 5) is 11.2.